The van der Waals surface area contributed by atoms with Gasteiger partial charge in [-0.1, -0.05) is 121 Å². The Morgan fingerprint density at radius 3 is 1.25 bits per heavy atom. The molecule has 9 rings (SSSR count). The monoisotopic (exact) mass is 598 g/mol. The third-order valence-corrected chi connectivity index (χ3v) is 10.1. The van der Waals surface area contributed by atoms with Crippen LogP contribution in [0.15, 0.2) is 133 Å². The van der Waals surface area contributed by atoms with Crippen LogP contribution in [0, 0.1) is 0 Å². The number of benzene rings is 5. The van der Waals surface area contributed by atoms with Crippen LogP contribution in [0.2, 0.25) is 0 Å². The SMILES string of the molecule is c1ccc(-c2nc(-c3ccc(-c4nc(-c5ccccc5)c5c(n4)sc4ccccc45)cc3)c3c(n2)sc2ccccc23)cc1. The Morgan fingerprint density at radius 1 is 0.341 bits per heavy atom. The molecule has 206 valence electrons. The first-order valence-corrected chi connectivity index (χ1v) is 16.0. The first kappa shape index (κ1) is 25.2. The highest BCUT2D eigenvalue weighted by molar-refractivity contribution is 7.26. The van der Waals surface area contributed by atoms with Crippen LogP contribution in [-0.4, -0.2) is 19.9 Å². The molecule has 0 radical (unpaired) electrons. The molecule has 0 saturated heterocycles. The third-order valence-electron chi connectivity index (χ3n) is 7.97. The van der Waals surface area contributed by atoms with Gasteiger partial charge in [-0.3, -0.25) is 0 Å². The van der Waals surface area contributed by atoms with Crippen molar-refractivity contribution >= 4 is 63.3 Å². The molecule has 6 heteroatoms. The van der Waals surface area contributed by atoms with Crippen LogP contribution in [0.25, 0.3) is 85.9 Å². The van der Waals surface area contributed by atoms with Gasteiger partial charge in [0.1, 0.15) is 9.66 Å². The standard InChI is InChI=1S/C38H22N4S2/c1-3-11-23(12-4-1)33-31-27-15-7-9-17-29(27)43-37(31)42-36(39-33)26-21-19-24(20-22-26)34-32-28-16-8-10-18-30(28)44-38(32)41-35(40-34)25-13-5-2-6-14-25/h1-22H. The van der Waals surface area contributed by atoms with E-state index in [4.69, 9.17) is 19.9 Å². The molecule has 0 spiro atoms. The Bertz CT molecular complexity index is 2480. The molecule has 0 aliphatic carbocycles. The van der Waals surface area contributed by atoms with Crippen LogP contribution in [0.4, 0.5) is 0 Å². The highest BCUT2D eigenvalue weighted by Gasteiger charge is 2.19. The van der Waals surface area contributed by atoms with Gasteiger partial charge in [-0.15, -0.1) is 22.7 Å². The smallest absolute Gasteiger partial charge is 0.161 e. The van der Waals surface area contributed by atoms with Crippen LogP contribution < -0.4 is 0 Å². The van der Waals surface area contributed by atoms with E-state index in [-0.39, 0.29) is 0 Å². The topological polar surface area (TPSA) is 51.6 Å². The summed E-state index contributed by atoms with van der Waals surface area (Å²) in [7, 11) is 0. The first-order chi connectivity index (χ1) is 21.8. The fourth-order valence-electron chi connectivity index (χ4n) is 5.88. The summed E-state index contributed by atoms with van der Waals surface area (Å²) in [4.78, 5) is 22.4. The van der Waals surface area contributed by atoms with Gasteiger partial charge < -0.3 is 0 Å². The molecule has 0 fully saturated rings. The van der Waals surface area contributed by atoms with Crippen LogP contribution >= 0.6 is 22.7 Å². The van der Waals surface area contributed by atoms with Gasteiger partial charge in [0, 0.05) is 53.2 Å². The molecular weight excluding hydrogens is 577 g/mol. The summed E-state index contributed by atoms with van der Waals surface area (Å²) in [5, 5.41) is 4.57. The number of nitrogens with zero attached hydrogens (tertiary/aromatic N) is 4. The van der Waals surface area contributed by atoms with Crippen LogP contribution in [0.5, 0.6) is 0 Å². The number of thiophene rings is 2. The number of hydrogen-bond acceptors (Lipinski definition) is 6. The summed E-state index contributed by atoms with van der Waals surface area (Å²) in [6.45, 7) is 0. The van der Waals surface area contributed by atoms with E-state index in [0.29, 0.717) is 5.82 Å². The minimum atomic E-state index is 0.716. The molecule has 44 heavy (non-hydrogen) atoms. The van der Waals surface area contributed by atoms with Crippen molar-refractivity contribution < 1.29 is 0 Å². The molecule has 9 aromatic rings. The Kier molecular flexibility index (Phi) is 5.82. The van der Waals surface area contributed by atoms with E-state index in [1.54, 1.807) is 22.7 Å². The van der Waals surface area contributed by atoms with Crippen LogP contribution in [-0.2, 0) is 0 Å². The van der Waals surface area contributed by atoms with Crippen molar-refractivity contribution in [1.29, 1.82) is 0 Å². The summed E-state index contributed by atoms with van der Waals surface area (Å²) < 4.78 is 2.42. The van der Waals surface area contributed by atoms with E-state index in [0.717, 1.165) is 59.9 Å². The summed E-state index contributed by atoms with van der Waals surface area (Å²) >= 11 is 3.43. The minimum absolute atomic E-state index is 0.716. The average molecular weight is 599 g/mol. The average Bonchev–Trinajstić information content (AvgIpc) is 3.67. The Balaban J connectivity index is 1.22. The van der Waals surface area contributed by atoms with Gasteiger partial charge in [-0.05, 0) is 12.1 Å². The molecule has 0 bridgehead atoms. The zero-order valence-electron chi connectivity index (χ0n) is 23.3. The molecule has 4 nitrogen and oxygen atoms in total. The lowest BCUT2D eigenvalue weighted by molar-refractivity contribution is 1.23. The van der Waals surface area contributed by atoms with Gasteiger partial charge in [0.25, 0.3) is 0 Å². The largest absolute Gasteiger partial charge is 0.227 e. The van der Waals surface area contributed by atoms with Crippen molar-refractivity contribution in [1.82, 2.24) is 19.9 Å². The third kappa shape index (κ3) is 4.11. The maximum atomic E-state index is 5.17. The normalized spacial score (nSPS) is 11.6. The van der Waals surface area contributed by atoms with Gasteiger partial charge in [-0.25, -0.2) is 19.9 Å². The molecule has 0 atom stereocenters. The van der Waals surface area contributed by atoms with Gasteiger partial charge in [0.15, 0.2) is 11.6 Å². The van der Waals surface area contributed by atoms with Crippen molar-refractivity contribution in [2.24, 2.45) is 0 Å². The number of rotatable bonds is 4. The fraction of sp³-hybridized carbons (Fsp3) is 0. The second kappa shape index (κ2) is 10.2. The van der Waals surface area contributed by atoms with Crippen molar-refractivity contribution in [2.75, 3.05) is 0 Å². The zero-order chi connectivity index (χ0) is 29.0. The Morgan fingerprint density at radius 2 is 0.727 bits per heavy atom. The molecule has 0 aliphatic heterocycles. The lowest BCUT2D eigenvalue weighted by Crippen LogP contribution is -1.95. The molecular formula is C38H22N4S2. The molecule has 4 heterocycles. The summed E-state index contributed by atoms with van der Waals surface area (Å²) in [6, 6.07) is 46.1. The molecule has 0 aliphatic rings. The summed E-state index contributed by atoms with van der Waals surface area (Å²) in [5.41, 5.74) is 5.98. The summed E-state index contributed by atoms with van der Waals surface area (Å²) in [5.74, 6) is 1.45. The van der Waals surface area contributed by atoms with E-state index in [1.165, 1.54) is 20.2 Å². The molecule has 4 aromatic heterocycles. The van der Waals surface area contributed by atoms with Crippen molar-refractivity contribution in [3.8, 4) is 45.3 Å². The van der Waals surface area contributed by atoms with E-state index >= 15 is 0 Å². The van der Waals surface area contributed by atoms with Crippen LogP contribution in [0.1, 0.15) is 0 Å². The molecule has 5 aromatic carbocycles. The Hall–Kier alpha value is -5.30. The molecule has 0 unspecified atom stereocenters. The maximum Gasteiger partial charge on any atom is 0.161 e. The fourth-order valence-corrected chi connectivity index (χ4v) is 8.03. The van der Waals surface area contributed by atoms with E-state index < -0.39 is 0 Å². The zero-order valence-corrected chi connectivity index (χ0v) is 24.9. The van der Waals surface area contributed by atoms with Crippen molar-refractivity contribution in [2.45, 2.75) is 0 Å². The lowest BCUT2D eigenvalue weighted by atomic mass is 10.0. The summed E-state index contributed by atoms with van der Waals surface area (Å²) in [6.07, 6.45) is 0. The van der Waals surface area contributed by atoms with Gasteiger partial charge in [-0.2, -0.15) is 0 Å². The number of aromatic nitrogens is 4. The van der Waals surface area contributed by atoms with Crippen molar-refractivity contribution in [3.05, 3.63) is 133 Å². The second-order valence-electron chi connectivity index (χ2n) is 10.7. The van der Waals surface area contributed by atoms with E-state index in [9.17, 15) is 0 Å². The van der Waals surface area contributed by atoms with E-state index in [2.05, 4.69) is 109 Å². The first-order valence-electron chi connectivity index (χ1n) is 14.4. The lowest BCUT2D eigenvalue weighted by Gasteiger charge is -2.10. The molecule has 0 saturated carbocycles. The molecule has 0 amide bonds. The van der Waals surface area contributed by atoms with Crippen molar-refractivity contribution in [3.63, 3.8) is 0 Å². The Labute approximate surface area is 261 Å². The predicted octanol–water partition coefficient (Wildman–Crippen LogP) is 10.7. The second-order valence-corrected chi connectivity index (χ2v) is 12.7. The van der Waals surface area contributed by atoms with Crippen LogP contribution in [0.3, 0.4) is 0 Å². The minimum Gasteiger partial charge on any atom is -0.227 e. The highest BCUT2D eigenvalue weighted by atomic mass is 32.1. The predicted molar refractivity (Wildman–Crippen MR) is 185 cm³/mol. The number of hydrogen-bond donors (Lipinski definition) is 0. The number of fused-ring (bicyclic) bond motifs is 6. The highest BCUT2D eigenvalue weighted by Crippen LogP contribution is 2.41. The quantitative estimate of drug-likeness (QED) is 0.202. The van der Waals surface area contributed by atoms with Gasteiger partial charge >= 0.3 is 0 Å². The van der Waals surface area contributed by atoms with Gasteiger partial charge in [0.2, 0.25) is 0 Å². The molecule has 0 N–H and O–H groups in total. The van der Waals surface area contributed by atoms with E-state index in [1.807, 2.05) is 24.3 Å². The maximum absolute atomic E-state index is 5.17. The van der Waals surface area contributed by atoms with Gasteiger partial charge in [0.05, 0.1) is 11.4 Å².